The van der Waals surface area contributed by atoms with Gasteiger partial charge in [0.05, 0.1) is 29.8 Å². The van der Waals surface area contributed by atoms with E-state index in [2.05, 4.69) is 4.90 Å². The van der Waals surface area contributed by atoms with Crippen molar-refractivity contribution in [2.75, 3.05) is 51.3 Å². The molecule has 0 aliphatic carbocycles. The van der Waals surface area contributed by atoms with Gasteiger partial charge in [-0.05, 0) is 24.3 Å². The third-order valence-electron chi connectivity index (χ3n) is 6.71. The van der Waals surface area contributed by atoms with Crippen molar-refractivity contribution in [1.82, 2.24) is 9.80 Å². The van der Waals surface area contributed by atoms with Gasteiger partial charge in [0.1, 0.15) is 0 Å². The van der Waals surface area contributed by atoms with E-state index in [1.165, 1.54) is 7.11 Å². The fourth-order valence-corrected chi connectivity index (χ4v) is 5.18. The highest BCUT2D eigenvalue weighted by Gasteiger charge is 2.51. The number of rotatable bonds is 2. The molecule has 3 heterocycles. The normalized spacial score (nSPS) is 21.9. The largest absolute Gasteiger partial charge is 0.453 e. The van der Waals surface area contributed by atoms with Crippen LogP contribution in [-0.4, -0.2) is 74.1 Å². The minimum atomic E-state index is -0.783. The van der Waals surface area contributed by atoms with Crippen LogP contribution in [-0.2, 0) is 15.1 Å². The summed E-state index contributed by atoms with van der Waals surface area (Å²) in [5, 5.41) is 0.373. The number of benzene rings is 2. The average Bonchev–Trinajstić information content (AvgIpc) is 3.39. The van der Waals surface area contributed by atoms with Gasteiger partial charge in [0.2, 0.25) is 0 Å². The third kappa shape index (κ3) is 3.68. The van der Waals surface area contributed by atoms with E-state index in [0.717, 1.165) is 11.3 Å². The van der Waals surface area contributed by atoms with Crippen LogP contribution in [0, 0.1) is 0 Å². The van der Waals surface area contributed by atoms with E-state index in [9.17, 15) is 14.4 Å². The van der Waals surface area contributed by atoms with E-state index in [4.69, 9.17) is 21.1 Å². The van der Waals surface area contributed by atoms with Crippen LogP contribution in [0.4, 0.5) is 10.5 Å². The Hall–Kier alpha value is -3.26. The zero-order valence-corrected chi connectivity index (χ0v) is 19.0. The topological polar surface area (TPSA) is 79.4 Å². The molecule has 172 valence electrons. The second-order valence-electron chi connectivity index (χ2n) is 8.51. The van der Waals surface area contributed by atoms with Crippen LogP contribution in [0.25, 0.3) is 0 Å². The number of esters is 1. The Morgan fingerprint density at radius 2 is 1.79 bits per heavy atom. The molecule has 2 amide bonds. The lowest BCUT2D eigenvalue weighted by Gasteiger charge is -2.35. The van der Waals surface area contributed by atoms with Crippen molar-refractivity contribution in [3.8, 4) is 0 Å². The Balaban J connectivity index is 1.29. The molecule has 0 saturated carbocycles. The number of carbonyl (C=O) groups excluding carboxylic acids is 3. The summed E-state index contributed by atoms with van der Waals surface area (Å²) < 4.78 is 10.5. The zero-order valence-electron chi connectivity index (χ0n) is 18.3. The monoisotopic (exact) mass is 469 g/mol. The van der Waals surface area contributed by atoms with Gasteiger partial charge in [-0.25, -0.2) is 9.59 Å². The maximum absolute atomic E-state index is 13.3. The predicted octanol–water partition coefficient (Wildman–Crippen LogP) is 3.14. The maximum Gasteiger partial charge on any atom is 0.409 e. The molecule has 2 aromatic rings. The summed E-state index contributed by atoms with van der Waals surface area (Å²) in [4.78, 5) is 42.7. The highest BCUT2D eigenvalue weighted by atomic mass is 35.5. The molecule has 1 atom stereocenters. The third-order valence-corrected chi connectivity index (χ3v) is 7.02. The van der Waals surface area contributed by atoms with Crippen molar-refractivity contribution in [2.45, 2.75) is 12.0 Å². The van der Waals surface area contributed by atoms with E-state index < -0.39 is 5.60 Å². The van der Waals surface area contributed by atoms with Crippen LogP contribution >= 0.6 is 11.6 Å². The summed E-state index contributed by atoms with van der Waals surface area (Å²) in [6.45, 7) is 3.20. The number of anilines is 1. The number of fused-ring (bicyclic) bond motifs is 2. The van der Waals surface area contributed by atoms with Gasteiger partial charge in [0.15, 0.2) is 5.60 Å². The minimum Gasteiger partial charge on any atom is -0.453 e. The van der Waals surface area contributed by atoms with E-state index in [0.29, 0.717) is 61.8 Å². The minimum absolute atomic E-state index is 0.181. The van der Waals surface area contributed by atoms with Gasteiger partial charge in [-0.1, -0.05) is 29.8 Å². The summed E-state index contributed by atoms with van der Waals surface area (Å²) in [5.41, 5.74) is 1.95. The molecule has 0 N–H and O–H groups in total. The van der Waals surface area contributed by atoms with Gasteiger partial charge in [-0.15, -0.1) is 0 Å². The first-order valence-corrected chi connectivity index (χ1v) is 11.3. The summed E-state index contributed by atoms with van der Waals surface area (Å²) >= 11 is 6.53. The number of hydrogen-bond acceptors (Lipinski definition) is 6. The molecular weight excluding hydrogens is 446 g/mol. The van der Waals surface area contributed by atoms with E-state index in [-0.39, 0.29) is 18.0 Å². The second kappa shape index (κ2) is 8.26. The summed E-state index contributed by atoms with van der Waals surface area (Å²) in [5.74, 6) is -0.519. The van der Waals surface area contributed by atoms with Crippen molar-refractivity contribution in [3.63, 3.8) is 0 Å². The smallest absolute Gasteiger partial charge is 0.409 e. The number of piperazine rings is 1. The molecule has 0 aromatic heterocycles. The molecule has 2 saturated heterocycles. The van der Waals surface area contributed by atoms with Crippen molar-refractivity contribution in [1.29, 1.82) is 0 Å². The summed E-state index contributed by atoms with van der Waals surface area (Å²) in [6.07, 6.45) is 0.231. The molecule has 3 aliphatic rings. The molecule has 0 bridgehead atoms. The first kappa shape index (κ1) is 21.6. The highest BCUT2D eigenvalue weighted by Crippen LogP contribution is 2.43. The molecule has 2 fully saturated rings. The number of likely N-dealkylation sites (tertiary alicyclic amines) is 1. The number of nitrogens with zero attached hydrogens (tertiary/aromatic N) is 3. The summed E-state index contributed by atoms with van der Waals surface area (Å²) in [6, 6.07) is 12.8. The molecule has 3 aliphatic heterocycles. The molecule has 0 radical (unpaired) electrons. The van der Waals surface area contributed by atoms with Gasteiger partial charge in [0, 0.05) is 50.4 Å². The highest BCUT2D eigenvalue weighted by molar-refractivity contribution is 6.34. The Kier molecular flexibility index (Phi) is 5.40. The number of halogens is 1. The molecular formula is C24H24ClN3O5. The van der Waals surface area contributed by atoms with Crippen molar-refractivity contribution in [3.05, 3.63) is 64.2 Å². The Bertz CT molecular complexity index is 1130. The molecule has 0 unspecified atom stereocenters. The lowest BCUT2D eigenvalue weighted by atomic mass is 9.91. The van der Waals surface area contributed by atoms with Gasteiger partial charge >= 0.3 is 12.1 Å². The first-order chi connectivity index (χ1) is 15.9. The number of ether oxygens (including phenoxy) is 2. The lowest BCUT2D eigenvalue weighted by molar-refractivity contribution is -0.00306. The number of hydrogen-bond donors (Lipinski definition) is 0. The number of amides is 2. The van der Waals surface area contributed by atoms with Crippen LogP contribution in [0.2, 0.25) is 5.02 Å². The quantitative estimate of drug-likeness (QED) is 0.629. The van der Waals surface area contributed by atoms with Crippen LogP contribution in [0.15, 0.2) is 42.5 Å². The SMILES string of the molecule is COC(=O)N1CCN(c2ccc(C(=O)N3CC[C@@]4(C3)OC(=O)c3ccccc34)c(Cl)c2)CC1. The van der Waals surface area contributed by atoms with Crippen molar-refractivity contribution >= 4 is 35.3 Å². The summed E-state index contributed by atoms with van der Waals surface area (Å²) in [7, 11) is 1.38. The number of methoxy groups -OCH3 is 1. The Morgan fingerprint density at radius 1 is 1.03 bits per heavy atom. The fourth-order valence-electron chi connectivity index (χ4n) is 4.93. The van der Waals surface area contributed by atoms with Gasteiger partial charge in [-0.3, -0.25) is 4.79 Å². The molecule has 9 heteroatoms. The van der Waals surface area contributed by atoms with Crippen LogP contribution in [0.1, 0.15) is 32.7 Å². The van der Waals surface area contributed by atoms with Gasteiger partial charge in [0.25, 0.3) is 5.91 Å². The van der Waals surface area contributed by atoms with E-state index in [1.54, 1.807) is 28.0 Å². The Labute approximate surface area is 196 Å². The van der Waals surface area contributed by atoms with Crippen LogP contribution < -0.4 is 4.90 Å². The first-order valence-electron chi connectivity index (χ1n) is 10.9. The molecule has 8 nitrogen and oxygen atoms in total. The molecule has 1 spiro atoms. The average molecular weight is 470 g/mol. The Morgan fingerprint density at radius 3 is 2.52 bits per heavy atom. The van der Waals surface area contributed by atoms with E-state index >= 15 is 0 Å². The lowest BCUT2D eigenvalue weighted by Crippen LogP contribution is -2.48. The molecule has 2 aromatic carbocycles. The fraction of sp³-hybridized carbons (Fsp3) is 0.375. The predicted molar refractivity (Wildman–Crippen MR) is 122 cm³/mol. The van der Waals surface area contributed by atoms with Gasteiger partial charge in [-0.2, -0.15) is 0 Å². The standard InChI is InChI=1S/C24H24ClN3O5/c1-32-23(31)27-12-10-26(11-13-27)16-6-7-18(20(25)14-16)21(29)28-9-8-24(15-28)19-5-3-2-4-17(19)22(30)33-24/h2-7,14H,8-13,15H2,1H3/t24-/m0/s1. The molecule has 5 rings (SSSR count). The number of carbonyl (C=O) groups is 3. The van der Waals surface area contributed by atoms with Gasteiger partial charge < -0.3 is 24.2 Å². The second-order valence-corrected chi connectivity index (χ2v) is 8.92. The van der Waals surface area contributed by atoms with Crippen LogP contribution in [0.3, 0.4) is 0 Å². The van der Waals surface area contributed by atoms with Crippen LogP contribution in [0.5, 0.6) is 0 Å². The zero-order chi connectivity index (χ0) is 23.2. The van der Waals surface area contributed by atoms with Crippen molar-refractivity contribution in [2.24, 2.45) is 0 Å². The molecule has 33 heavy (non-hydrogen) atoms. The van der Waals surface area contributed by atoms with E-state index in [1.807, 2.05) is 24.3 Å². The van der Waals surface area contributed by atoms with Crippen molar-refractivity contribution < 1.29 is 23.9 Å². The maximum atomic E-state index is 13.3.